The largest absolute Gasteiger partial charge is 0.299 e. The molecule has 0 spiro atoms. The van der Waals surface area contributed by atoms with Gasteiger partial charge in [0, 0.05) is 29.8 Å². The quantitative estimate of drug-likeness (QED) is 0.623. The number of hydrogen-bond acceptors (Lipinski definition) is 3. The molecule has 0 amide bonds. The fourth-order valence-corrected chi connectivity index (χ4v) is 2.26. The Morgan fingerprint density at radius 1 is 1.11 bits per heavy atom. The molecule has 0 bridgehead atoms. The van der Waals surface area contributed by atoms with Gasteiger partial charge in [0.2, 0.25) is 0 Å². The summed E-state index contributed by atoms with van der Waals surface area (Å²) < 4.78 is 0. The molecule has 0 saturated heterocycles. The zero-order valence-electron chi connectivity index (χ0n) is 9.82. The molecule has 1 aromatic rings. The normalized spacial score (nSPS) is 16.9. The van der Waals surface area contributed by atoms with Crippen LogP contribution in [0, 0.1) is 5.92 Å². The molecule has 0 radical (unpaired) electrons. The second-order valence-corrected chi connectivity index (χ2v) is 4.91. The molecule has 3 nitrogen and oxygen atoms in total. The molecule has 1 aromatic carbocycles. The molecule has 0 aliphatic heterocycles. The van der Waals surface area contributed by atoms with Crippen molar-refractivity contribution in [3.8, 4) is 0 Å². The summed E-state index contributed by atoms with van der Waals surface area (Å²) in [6.07, 6.45) is 1.41. The summed E-state index contributed by atoms with van der Waals surface area (Å²) in [5, 5.41) is 0.552. The minimum absolute atomic E-state index is 0.0146. The maximum absolute atomic E-state index is 12.0. The van der Waals surface area contributed by atoms with Gasteiger partial charge < -0.3 is 0 Å². The fraction of sp³-hybridized carbons (Fsp3) is 0.357. The highest BCUT2D eigenvalue weighted by Crippen LogP contribution is 2.22. The Bertz CT molecular complexity index is 474. The van der Waals surface area contributed by atoms with E-state index >= 15 is 0 Å². The second-order valence-electron chi connectivity index (χ2n) is 4.47. The predicted molar refractivity (Wildman–Crippen MR) is 67.8 cm³/mol. The SMILES string of the molecule is O=C(CC1C(=O)CCCC1=O)c1ccc(Cl)cc1. The first-order valence-electron chi connectivity index (χ1n) is 5.92. The van der Waals surface area contributed by atoms with Gasteiger partial charge in [-0.05, 0) is 30.7 Å². The first-order valence-corrected chi connectivity index (χ1v) is 6.30. The van der Waals surface area contributed by atoms with Crippen molar-refractivity contribution in [3.05, 3.63) is 34.9 Å². The average molecular weight is 265 g/mol. The van der Waals surface area contributed by atoms with E-state index < -0.39 is 5.92 Å². The van der Waals surface area contributed by atoms with Crippen LogP contribution in [-0.4, -0.2) is 17.3 Å². The topological polar surface area (TPSA) is 51.2 Å². The highest BCUT2D eigenvalue weighted by atomic mass is 35.5. The van der Waals surface area contributed by atoms with Crippen LogP contribution in [0.15, 0.2) is 24.3 Å². The first-order chi connectivity index (χ1) is 8.58. The summed E-state index contributed by atoms with van der Waals surface area (Å²) in [6, 6.07) is 6.48. The third-order valence-electron chi connectivity index (χ3n) is 3.18. The minimum Gasteiger partial charge on any atom is -0.299 e. The van der Waals surface area contributed by atoms with Gasteiger partial charge in [-0.1, -0.05) is 11.6 Å². The molecule has 1 saturated carbocycles. The molecule has 1 aliphatic rings. The molecule has 0 unspecified atom stereocenters. The molecule has 0 aromatic heterocycles. The van der Waals surface area contributed by atoms with Gasteiger partial charge in [0.05, 0.1) is 5.92 Å². The van der Waals surface area contributed by atoms with E-state index in [0.29, 0.717) is 29.8 Å². The van der Waals surface area contributed by atoms with E-state index in [1.165, 1.54) is 0 Å². The number of carbonyl (C=O) groups is 3. The van der Waals surface area contributed by atoms with Crippen LogP contribution in [0.1, 0.15) is 36.0 Å². The average Bonchev–Trinajstić information content (AvgIpc) is 2.34. The Labute approximate surface area is 110 Å². The van der Waals surface area contributed by atoms with Gasteiger partial charge in [-0.2, -0.15) is 0 Å². The maximum Gasteiger partial charge on any atom is 0.164 e. The van der Waals surface area contributed by atoms with Crippen molar-refractivity contribution >= 4 is 29.0 Å². The summed E-state index contributed by atoms with van der Waals surface area (Å²) in [5.41, 5.74) is 0.491. The van der Waals surface area contributed by atoms with Crippen LogP contribution in [0.3, 0.4) is 0 Å². The van der Waals surface area contributed by atoms with E-state index in [1.54, 1.807) is 24.3 Å². The minimum atomic E-state index is -0.734. The molecular formula is C14H13ClO3. The number of ketones is 3. The lowest BCUT2D eigenvalue weighted by Gasteiger charge is -2.18. The molecule has 0 N–H and O–H groups in total. The highest BCUT2D eigenvalue weighted by Gasteiger charge is 2.31. The van der Waals surface area contributed by atoms with E-state index in [4.69, 9.17) is 11.6 Å². The molecule has 1 fully saturated rings. The molecule has 94 valence electrons. The Hall–Kier alpha value is -1.48. The van der Waals surface area contributed by atoms with Crippen LogP contribution in [0.25, 0.3) is 0 Å². The van der Waals surface area contributed by atoms with Crippen molar-refractivity contribution in [3.63, 3.8) is 0 Å². The maximum atomic E-state index is 12.0. The Balaban J connectivity index is 2.08. The number of halogens is 1. The van der Waals surface area contributed by atoms with Gasteiger partial charge in [-0.3, -0.25) is 14.4 Å². The van der Waals surface area contributed by atoms with Crippen molar-refractivity contribution in [2.45, 2.75) is 25.7 Å². The lowest BCUT2D eigenvalue weighted by molar-refractivity contribution is -0.135. The molecule has 2 rings (SSSR count). The molecule has 1 aliphatic carbocycles. The van der Waals surface area contributed by atoms with Gasteiger partial charge >= 0.3 is 0 Å². The number of rotatable bonds is 3. The van der Waals surface area contributed by atoms with Crippen LogP contribution in [0.5, 0.6) is 0 Å². The molecule has 4 heteroatoms. The number of hydrogen-bond donors (Lipinski definition) is 0. The molecule has 18 heavy (non-hydrogen) atoms. The van der Waals surface area contributed by atoms with Crippen LogP contribution in [0.4, 0.5) is 0 Å². The number of benzene rings is 1. The third-order valence-corrected chi connectivity index (χ3v) is 3.43. The summed E-state index contributed by atoms with van der Waals surface area (Å²) in [6.45, 7) is 0. The molecular weight excluding hydrogens is 252 g/mol. The zero-order valence-corrected chi connectivity index (χ0v) is 10.6. The van der Waals surface area contributed by atoms with E-state index in [2.05, 4.69) is 0 Å². The zero-order chi connectivity index (χ0) is 13.1. The van der Waals surface area contributed by atoms with Crippen molar-refractivity contribution in [1.29, 1.82) is 0 Å². The summed E-state index contributed by atoms with van der Waals surface area (Å²) in [7, 11) is 0. The summed E-state index contributed by atoms with van der Waals surface area (Å²) >= 11 is 5.74. The standard InChI is InChI=1S/C14H13ClO3/c15-10-6-4-9(5-7-10)14(18)8-11-12(16)2-1-3-13(11)17/h4-7,11H,1-3,8H2. The van der Waals surface area contributed by atoms with Crippen molar-refractivity contribution in [2.75, 3.05) is 0 Å². The van der Waals surface area contributed by atoms with E-state index in [0.717, 1.165) is 0 Å². The smallest absolute Gasteiger partial charge is 0.164 e. The number of Topliss-reactive ketones (excluding diaryl/α,β-unsaturated/α-hetero) is 3. The van der Waals surface area contributed by atoms with Crippen molar-refractivity contribution in [1.82, 2.24) is 0 Å². The van der Waals surface area contributed by atoms with Gasteiger partial charge in [0.1, 0.15) is 11.6 Å². The van der Waals surface area contributed by atoms with E-state index in [-0.39, 0.29) is 23.8 Å². The van der Waals surface area contributed by atoms with Gasteiger partial charge in [-0.25, -0.2) is 0 Å². The Kier molecular flexibility index (Phi) is 3.92. The first kappa shape index (κ1) is 13.0. The molecule has 0 heterocycles. The lowest BCUT2D eigenvalue weighted by atomic mass is 9.82. The monoisotopic (exact) mass is 264 g/mol. The van der Waals surface area contributed by atoms with Gasteiger partial charge in [0.15, 0.2) is 5.78 Å². The highest BCUT2D eigenvalue weighted by molar-refractivity contribution is 6.30. The predicted octanol–water partition coefficient (Wildman–Crippen LogP) is 2.85. The Morgan fingerprint density at radius 2 is 1.67 bits per heavy atom. The van der Waals surface area contributed by atoms with E-state index in [9.17, 15) is 14.4 Å². The molecule has 0 atom stereocenters. The van der Waals surface area contributed by atoms with Crippen LogP contribution in [-0.2, 0) is 9.59 Å². The second kappa shape index (κ2) is 5.44. The summed E-state index contributed by atoms with van der Waals surface area (Å²) in [5.74, 6) is -1.12. The summed E-state index contributed by atoms with van der Waals surface area (Å²) in [4.78, 5) is 35.2. The number of carbonyl (C=O) groups excluding carboxylic acids is 3. The van der Waals surface area contributed by atoms with Gasteiger partial charge in [0.25, 0.3) is 0 Å². The third kappa shape index (κ3) is 2.85. The van der Waals surface area contributed by atoms with Gasteiger partial charge in [-0.15, -0.1) is 0 Å². The Morgan fingerprint density at radius 3 is 2.22 bits per heavy atom. The lowest BCUT2D eigenvalue weighted by Crippen LogP contribution is -2.30. The van der Waals surface area contributed by atoms with Crippen molar-refractivity contribution < 1.29 is 14.4 Å². The van der Waals surface area contributed by atoms with E-state index in [1.807, 2.05) is 0 Å². The van der Waals surface area contributed by atoms with Crippen LogP contribution < -0.4 is 0 Å². The van der Waals surface area contributed by atoms with Crippen molar-refractivity contribution in [2.24, 2.45) is 5.92 Å². The van der Waals surface area contributed by atoms with Crippen LogP contribution in [0.2, 0.25) is 5.02 Å². The van der Waals surface area contributed by atoms with Crippen LogP contribution >= 0.6 is 11.6 Å². The fourth-order valence-electron chi connectivity index (χ4n) is 2.13.